The van der Waals surface area contributed by atoms with Crippen LogP contribution in [0.2, 0.25) is 0 Å². The number of ether oxygens (including phenoxy) is 2. The quantitative estimate of drug-likeness (QED) is 0.363. The van der Waals surface area contributed by atoms with E-state index in [4.69, 9.17) is 9.47 Å². The van der Waals surface area contributed by atoms with Crippen LogP contribution in [0, 0.1) is 0 Å². The third kappa shape index (κ3) is 7.04. The number of nitrogens with one attached hydrogen (secondary N) is 2. The molecule has 2 N–H and O–H groups in total. The van der Waals surface area contributed by atoms with Crippen molar-refractivity contribution in [2.45, 2.75) is 32.2 Å². The lowest BCUT2D eigenvalue weighted by Gasteiger charge is -2.23. The first-order chi connectivity index (χ1) is 14.8. The number of imide groups is 1. The zero-order valence-corrected chi connectivity index (χ0v) is 18.2. The van der Waals surface area contributed by atoms with Crippen molar-refractivity contribution < 1.29 is 28.7 Å². The fraction of sp³-hybridized carbons (Fsp3) is 0.524. The largest absolute Gasteiger partial charge is 0.465 e. The van der Waals surface area contributed by atoms with Crippen LogP contribution in [-0.4, -0.2) is 79.2 Å². The topological polar surface area (TPSA) is 117 Å². The van der Waals surface area contributed by atoms with E-state index < -0.39 is 29.4 Å². The minimum atomic E-state index is -1.12. The van der Waals surface area contributed by atoms with Crippen LogP contribution in [0.1, 0.15) is 25.8 Å². The van der Waals surface area contributed by atoms with E-state index in [9.17, 15) is 19.2 Å². The number of nitrogens with zero attached hydrogens (tertiary/aromatic N) is 2. The van der Waals surface area contributed by atoms with Crippen LogP contribution >= 0.6 is 0 Å². The van der Waals surface area contributed by atoms with Crippen LogP contribution < -0.4 is 10.7 Å². The Hall–Kier alpha value is -2.98. The molecule has 1 saturated heterocycles. The van der Waals surface area contributed by atoms with E-state index in [-0.39, 0.29) is 19.7 Å². The molecular formula is C21H30N4O6. The highest BCUT2D eigenvalue weighted by molar-refractivity contribution is 6.07. The smallest absolute Gasteiger partial charge is 0.344 e. The normalized spacial score (nSPS) is 18.3. The van der Waals surface area contributed by atoms with Gasteiger partial charge in [-0.05, 0) is 32.3 Å². The molecule has 31 heavy (non-hydrogen) atoms. The standard InChI is InChI=1S/C21H30N4O6/c1-4-31-18(27)15-24(12-13-30-3)14-17(26)23-25-19(28)21(2,22-20(25)29)11-10-16-8-6-5-7-9-16/h5-9H,4,10-15H2,1-3H3,(H,22,29)(H,23,26). The van der Waals surface area contributed by atoms with Crippen molar-refractivity contribution in [2.24, 2.45) is 0 Å². The molecule has 1 heterocycles. The first kappa shape index (κ1) is 24.3. The van der Waals surface area contributed by atoms with Crippen molar-refractivity contribution in [3.05, 3.63) is 35.9 Å². The molecule has 1 aliphatic rings. The maximum Gasteiger partial charge on any atom is 0.344 e. The number of carbonyl (C=O) groups is 4. The van der Waals surface area contributed by atoms with Gasteiger partial charge in [0.05, 0.1) is 26.3 Å². The van der Waals surface area contributed by atoms with Crippen LogP contribution in [0.5, 0.6) is 0 Å². The Labute approximate surface area is 181 Å². The molecule has 0 bridgehead atoms. The van der Waals surface area contributed by atoms with Gasteiger partial charge < -0.3 is 14.8 Å². The minimum absolute atomic E-state index is 0.112. The monoisotopic (exact) mass is 434 g/mol. The van der Waals surface area contributed by atoms with Gasteiger partial charge in [0, 0.05) is 13.7 Å². The maximum absolute atomic E-state index is 12.8. The number of amides is 4. The predicted molar refractivity (Wildman–Crippen MR) is 112 cm³/mol. The predicted octanol–water partition coefficient (Wildman–Crippen LogP) is 0.472. The van der Waals surface area contributed by atoms with Gasteiger partial charge in [-0.3, -0.25) is 24.7 Å². The molecule has 1 aromatic rings. The number of urea groups is 1. The number of carbonyl (C=O) groups excluding carboxylic acids is 4. The van der Waals surface area contributed by atoms with Gasteiger partial charge in [0.25, 0.3) is 11.8 Å². The Balaban J connectivity index is 1.95. The number of hydrazine groups is 1. The van der Waals surface area contributed by atoms with Crippen LogP contribution in [0.4, 0.5) is 4.79 Å². The molecular weight excluding hydrogens is 404 g/mol. The molecule has 10 heteroatoms. The summed E-state index contributed by atoms with van der Waals surface area (Å²) >= 11 is 0. The van der Waals surface area contributed by atoms with Crippen molar-refractivity contribution >= 4 is 23.8 Å². The van der Waals surface area contributed by atoms with Crippen molar-refractivity contribution in [3.8, 4) is 0 Å². The van der Waals surface area contributed by atoms with Crippen LogP contribution in [0.25, 0.3) is 0 Å². The Morgan fingerprint density at radius 3 is 2.55 bits per heavy atom. The van der Waals surface area contributed by atoms with Crippen LogP contribution in [0.3, 0.4) is 0 Å². The zero-order chi connectivity index (χ0) is 22.9. The maximum atomic E-state index is 12.8. The summed E-state index contributed by atoms with van der Waals surface area (Å²) in [6.45, 7) is 3.84. The summed E-state index contributed by atoms with van der Waals surface area (Å²) in [5, 5.41) is 3.36. The second kappa shape index (κ2) is 11.4. The van der Waals surface area contributed by atoms with Gasteiger partial charge in [-0.15, -0.1) is 0 Å². The third-order valence-corrected chi connectivity index (χ3v) is 4.89. The van der Waals surface area contributed by atoms with E-state index >= 15 is 0 Å². The van der Waals surface area contributed by atoms with Gasteiger partial charge in [0.2, 0.25) is 0 Å². The van der Waals surface area contributed by atoms with E-state index in [0.29, 0.717) is 31.0 Å². The molecule has 0 spiro atoms. The van der Waals surface area contributed by atoms with Crippen LogP contribution in [0.15, 0.2) is 30.3 Å². The summed E-state index contributed by atoms with van der Waals surface area (Å²) in [7, 11) is 1.51. The van der Waals surface area contributed by atoms with Crippen molar-refractivity contribution in [1.29, 1.82) is 0 Å². The third-order valence-electron chi connectivity index (χ3n) is 4.89. The molecule has 0 radical (unpaired) electrons. The lowest BCUT2D eigenvalue weighted by Crippen LogP contribution is -2.52. The molecule has 4 amide bonds. The SMILES string of the molecule is CCOC(=O)CN(CCOC)CC(=O)NN1C(=O)NC(C)(CCc2ccccc2)C1=O. The number of esters is 1. The fourth-order valence-corrected chi connectivity index (χ4v) is 3.18. The Morgan fingerprint density at radius 2 is 1.90 bits per heavy atom. The van der Waals surface area contributed by atoms with Crippen LogP contribution in [-0.2, 0) is 30.3 Å². The van der Waals surface area contributed by atoms with Crippen molar-refractivity contribution in [1.82, 2.24) is 20.7 Å². The Kier molecular flexibility index (Phi) is 8.95. The van der Waals surface area contributed by atoms with Gasteiger partial charge in [-0.1, -0.05) is 30.3 Å². The summed E-state index contributed by atoms with van der Waals surface area (Å²) in [6.07, 6.45) is 0.978. The number of rotatable bonds is 12. The molecule has 1 fully saturated rings. The lowest BCUT2D eigenvalue weighted by molar-refractivity contribution is -0.145. The number of aryl methyl sites for hydroxylation is 1. The first-order valence-electron chi connectivity index (χ1n) is 10.2. The molecule has 1 aliphatic heterocycles. The minimum Gasteiger partial charge on any atom is -0.465 e. The Morgan fingerprint density at radius 1 is 1.19 bits per heavy atom. The van der Waals surface area contributed by atoms with Gasteiger partial charge >= 0.3 is 12.0 Å². The summed E-state index contributed by atoms with van der Waals surface area (Å²) in [6, 6.07) is 8.92. The van der Waals surface area contributed by atoms with E-state index in [1.807, 2.05) is 30.3 Å². The van der Waals surface area contributed by atoms with E-state index in [1.165, 1.54) is 12.0 Å². The van der Waals surface area contributed by atoms with Crippen molar-refractivity contribution in [3.63, 3.8) is 0 Å². The molecule has 170 valence electrons. The summed E-state index contributed by atoms with van der Waals surface area (Å²) in [5.41, 5.74) is 2.26. The van der Waals surface area contributed by atoms with E-state index in [2.05, 4.69) is 10.7 Å². The molecule has 0 aliphatic carbocycles. The second-order valence-corrected chi connectivity index (χ2v) is 7.43. The molecule has 1 aromatic carbocycles. The van der Waals surface area contributed by atoms with Gasteiger partial charge in [-0.25, -0.2) is 4.79 Å². The average Bonchev–Trinajstić information content (AvgIpc) is 2.95. The van der Waals surface area contributed by atoms with E-state index in [1.54, 1.807) is 13.8 Å². The highest BCUT2D eigenvalue weighted by Gasteiger charge is 2.48. The number of hydrogen-bond acceptors (Lipinski definition) is 7. The fourth-order valence-electron chi connectivity index (χ4n) is 3.18. The summed E-state index contributed by atoms with van der Waals surface area (Å²) in [5.74, 6) is -1.61. The molecule has 0 saturated carbocycles. The highest BCUT2D eigenvalue weighted by Crippen LogP contribution is 2.22. The van der Waals surface area contributed by atoms with Gasteiger partial charge in [0.15, 0.2) is 0 Å². The second-order valence-electron chi connectivity index (χ2n) is 7.43. The number of benzene rings is 1. The van der Waals surface area contributed by atoms with Gasteiger partial charge in [0.1, 0.15) is 5.54 Å². The molecule has 2 rings (SSSR count). The lowest BCUT2D eigenvalue weighted by atomic mass is 9.93. The molecule has 1 atom stereocenters. The average molecular weight is 434 g/mol. The molecule has 10 nitrogen and oxygen atoms in total. The Bertz CT molecular complexity index is 787. The molecule has 1 unspecified atom stereocenters. The van der Waals surface area contributed by atoms with Crippen molar-refractivity contribution in [2.75, 3.05) is 40.0 Å². The number of methoxy groups -OCH3 is 1. The molecule has 0 aromatic heterocycles. The summed E-state index contributed by atoms with van der Waals surface area (Å²) < 4.78 is 9.91. The zero-order valence-electron chi connectivity index (χ0n) is 18.2. The summed E-state index contributed by atoms with van der Waals surface area (Å²) in [4.78, 5) is 50.9. The first-order valence-corrected chi connectivity index (χ1v) is 10.2. The highest BCUT2D eigenvalue weighted by atomic mass is 16.5. The number of hydrogen-bond donors (Lipinski definition) is 2. The van der Waals surface area contributed by atoms with Gasteiger partial charge in [-0.2, -0.15) is 5.01 Å². The van der Waals surface area contributed by atoms with E-state index in [0.717, 1.165) is 5.56 Å².